The predicted molar refractivity (Wildman–Crippen MR) is 9.69 cm³/mol. The fraction of sp³-hybridized carbons (Fsp3) is 0. The molecule has 24 valence electrons. The van der Waals surface area contributed by atoms with Gasteiger partial charge >= 0.3 is 20.0 Å². The van der Waals surface area contributed by atoms with E-state index in [4.69, 9.17) is 8.37 Å². The summed E-state index contributed by atoms with van der Waals surface area (Å²) in [6, 6.07) is 0. The first kappa shape index (κ1) is 8.83. The molecule has 4 heavy (non-hydrogen) atoms. The molecule has 0 fully saturated rings. The van der Waals surface area contributed by atoms with Gasteiger partial charge in [-0.3, -0.25) is 4.57 Å². The molecule has 0 saturated heterocycles. The Hall–Kier alpha value is 0.432. The Bertz CT molecular complexity index is 8.00. The molecule has 0 N–H and O–H groups in total. The van der Waals surface area contributed by atoms with Crippen LogP contribution in [-0.2, 0) is 24.6 Å². The summed E-state index contributed by atoms with van der Waals surface area (Å²) in [4.78, 5) is 0. The van der Waals surface area contributed by atoms with Crippen molar-refractivity contribution in [3.63, 3.8) is 0 Å². The molecule has 0 amide bonds. The van der Waals surface area contributed by atoms with Crippen LogP contribution in [0.1, 0.15) is 0 Å². The van der Waals surface area contributed by atoms with Gasteiger partial charge in [-0.2, -0.15) is 0 Å². The van der Waals surface area contributed by atoms with Crippen LogP contribution in [0.25, 0.3) is 0 Å². The van der Waals surface area contributed by atoms with Gasteiger partial charge in [0.25, 0.3) is 0 Å². The molecule has 0 spiro atoms. The summed E-state index contributed by atoms with van der Waals surface area (Å²) < 4.78 is 16.2. The Morgan fingerprint density at radius 1 is 1.25 bits per heavy atom. The standard InChI is InChI=1S/Cr.HOP.O/c;1-2;/h;2H;. The van der Waals surface area contributed by atoms with Crippen molar-refractivity contribution >= 4 is 9.12 Å². The van der Waals surface area contributed by atoms with Crippen LogP contribution in [-0.4, -0.2) is 0 Å². The van der Waals surface area contributed by atoms with E-state index >= 15 is 0 Å². The van der Waals surface area contributed by atoms with Crippen molar-refractivity contribution in [3.8, 4) is 0 Å². The van der Waals surface area contributed by atoms with Gasteiger partial charge in [0.1, 0.15) is 9.12 Å². The Labute approximate surface area is 34.5 Å². The van der Waals surface area contributed by atoms with Gasteiger partial charge in [-0.1, -0.05) is 0 Å². The molecule has 0 atom stereocenters. The molecule has 0 unspecified atom stereocenters. The Morgan fingerprint density at radius 2 is 1.25 bits per heavy atom. The van der Waals surface area contributed by atoms with E-state index in [-0.39, 0.29) is 0 Å². The summed E-state index contributed by atoms with van der Waals surface area (Å²) in [5.41, 5.74) is 0. The third kappa shape index (κ3) is 26.7. The second-order valence-electron chi connectivity index (χ2n) is 0. The maximum absolute atomic E-state index is 8.12. The first-order valence-electron chi connectivity index (χ1n) is 0.371. The molecular weight excluding hydrogens is 115 g/mol. The number of hydrogen-bond donors (Lipinski definition) is 0. The zero-order valence-electron chi connectivity index (χ0n) is 1.72. The third-order valence-corrected chi connectivity index (χ3v) is 0. The van der Waals surface area contributed by atoms with Gasteiger partial charge in [-0.05, 0) is 0 Å². The molecule has 0 bridgehead atoms. The van der Waals surface area contributed by atoms with Gasteiger partial charge in [-0.15, -0.1) is 0 Å². The van der Waals surface area contributed by atoms with Crippen molar-refractivity contribution in [1.29, 1.82) is 0 Å². The maximum atomic E-state index is 8.12. The molecule has 0 saturated carbocycles. The van der Waals surface area contributed by atoms with Crippen molar-refractivity contribution in [1.82, 2.24) is 0 Å². The van der Waals surface area contributed by atoms with Crippen LogP contribution in [0.3, 0.4) is 0 Å². The van der Waals surface area contributed by atoms with Crippen LogP contribution in [0.4, 0.5) is 0 Å². The van der Waals surface area contributed by atoms with E-state index in [1.165, 1.54) is 16.2 Å². The monoisotopic (exact) mass is 116 g/mol. The minimum atomic E-state index is 1.38. The van der Waals surface area contributed by atoms with Crippen molar-refractivity contribution in [3.05, 3.63) is 0 Å². The first-order valence-corrected chi connectivity index (χ1v) is 1.30. The second kappa shape index (κ2) is 109. The van der Waals surface area contributed by atoms with E-state index in [1.807, 2.05) is 0 Å². The summed E-state index contributed by atoms with van der Waals surface area (Å²) in [6.07, 6.45) is 0. The number of rotatable bonds is 0. The summed E-state index contributed by atoms with van der Waals surface area (Å²) in [6.45, 7) is 0. The van der Waals surface area contributed by atoms with E-state index in [2.05, 4.69) is 0 Å². The summed E-state index contributed by atoms with van der Waals surface area (Å²) in [7, 11) is 1.72. The quantitative estimate of drug-likeness (QED) is 0.428. The van der Waals surface area contributed by atoms with Gasteiger partial charge in [0.2, 0.25) is 0 Å². The van der Waals surface area contributed by atoms with Crippen molar-refractivity contribution in [2.24, 2.45) is 0 Å². The zero-order chi connectivity index (χ0) is 4.00. The van der Waals surface area contributed by atoms with E-state index in [1.54, 1.807) is 9.12 Å². The van der Waals surface area contributed by atoms with Crippen LogP contribution in [0.15, 0.2) is 0 Å². The third-order valence-electron chi connectivity index (χ3n) is 0. The molecule has 0 aliphatic rings. The topological polar surface area (TPSA) is 34.1 Å². The van der Waals surface area contributed by atoms with E-state index in [0.717, 1.165) is 0 Å². The van der Waals surface area contributed by atoms with E-state index in [0.29, 0.717) is 0 Å². The van der Waals surface area contributed by atoms with Crippen LogP contribution >= 0.6 is 9.12 Å². The van der Waals surface area contributed by atoms with Crippen molar-refractivity contribution in [2.45, 2.75) is 0 Å². The second-order valence-corrected chi connectivity index (χ2v) is 0. The molecule has 0 radical (unpaired) electrons. The molecule has 0 aromatic rings. The van der Waals surface area contributed by atoms with Gasteiger partial charge in [0, 0.05) is 0 Å². The molecule has 0 aromatic heterocycles. The molecule has 0 aliphatic heterocycles. The van der Waals surface area contributed by atoms with Crippen molar-refractivity contribution < 1.29 is 24.6 Å². The van der Waals surface area contributed by atoms with Crippen LogP contribution < -0.4 is 0 Å². The average Bonchev–Trinajstić information content (AvgIpc) is 1.50. The van der Waals surface area contributed by atoms with Gasteiger partial charge in [0.15, 0.2) is 0 Å². The summed E-state index contributed by atoms with van der Waals surface area (Å²) in [5, 5.41) is 0. The summed E-state index contributed by atoms with van der Waals surface area (Å²) >= 11 is 1.38. The number of hydrogen-bond acceptors (Lipinski definition) is 2. The molecule has 4 heteroatoms. The van der Waals surface area contributed by atoms with E-state index < -0.39 is 0 Å². The molecule has 2 nitrogen and oxygen atoms in total. The predicted octanol–water partition coefficient (Wildman–Crippen LogP) is 0.353. The van der Waals surface area contributed by atoms with Gasteiger partial charge < -0.3 is 0 Å². The molecule has 0 aromatic carbocycles. The SMILES string of the molecule is O=P.[O]=[Cr]. The average molecular weight is 116 g/mol. The van der Waals surface area contributed by atoms with Crippen LogP contribution in [0.5, 0.6) is 0 Å². The van der Waals surface area contributed by atoms with Gasteiger partial charge in [0.05, 0.1) is 0 Å². The molecule has 0 heterocycles. The molecule has 0 aliphatic carbocycles. The van der Waals surface area contributed by atoms with Crippen LogP contribution in [0.2, 0.25) is 0 Å². The van der Waals surface area contributed by atoms with Crippen molar-refractivity contribution in [2.75, 3.05) is 0 Å². The Morgan fingerprint density at radius 3 is 1.25 bits per heavy atom. The zero-order valence-corrected chi connectivity index (χ0v) is 4.00. The van der Waals surface area contributed by atoms with Crippen LogP contribution in [0, 0.1) is 0 Å². The Balaban J connectivity index is 0. The molecular formula is HCrO2P. The fourth-order valence-corrected chi connectivity index (χ4v) is 0. The fourth-order valence-electron chi connectivity index (χ4n) is 0. The normalized spacial score (nSPS) is 2.00. The minimum absolute atomic E-state index is 1.38. The van der Waals surface area contributed by atoms with E-state index in [9.17, 15) is 0 Å². The Kier molecular flexibility index (Phi) is 240. The summed E-state index contributed by atoms with van der Waals surface area (Å²) in [5.74, 6) is 0. The molecule has 0 rings (SSSR count). The first-order chi connectivity index (χ1) is 2.00. The van der Waals surface area contributed by atoms with Gasteiger partial charge in [-0.25, -0.2) is 0 Å².